The van der Waals surface area contributed by atoms with Gasteiger partial charge in [-0.05, 0) is 31.9 Å². The Hall–Kier alpha value is -2.68. The molecule has 1 aliphatic heterocycles. The van der Waals surface area contributed by atoms with Crippen LogP contribution in [0, 0.1) is 17.6 Å². The minimum atomic E-state index is -0.291. The summed E-state index contributed by atoms with van der Waals surface area (Å²) in [7, 11) is 1.64. The average Bonchev–Trinajstić information content (AvgIpc) is 3.14. The number of hydrogen-bond acceptors (Lipinski definition) is 7. The molecule has 0 aliphatic carbocycles. The molecular formula is C20H22FN5O2S. The Morgan fingerprint density at radius 1 is 1.38 bits per heavy atom. The molecule has 0 unspecified atom stereocenters. The number of ether oxygens (including phenoxy) is 1. The molecule has 1 N–H and O–H groups in total. The van der Waals surface area contributed by atoms with Crippen molar-refractivity contribution in [1.82, 2.24) is 15.0 Å². The van der Waals surface area contributed by atoms with Crippen LogP contribution in [-0.2, 0) is 5.75 Å². The van der Waals surface area contributed by atoms with Gasteiger partial charge in [0.1, 0.15) is 11.6 Å². The summed E-state index contributed by atoms with van der Waals surface area (Å²) in [6, 6.07) is 4.93. The number of benzene rings is 1. The van der Waals surface area contributed by atoms with Gasteiger partial charge in [-0.1, -0.05) is 16.9 Å². The van der Waals surface area contributed by atoms with E-state index >= 15 is 0 Å². The van der Waals surface area contributed by atoms with Crippen LogP contribution in [0.5, 0.6) is 5.75 Å². The van der Waals surface area contributed by atoms with Crippen LogP contribution in [0.15, 0.2) is 34.7 Å². The number of nitrogens with zero attached hydrogens (tertiary/aromatic N) is 4. The van der Waals surface area contributed by atoms with Gasteiger partial charge < -0.3 is 14.6 Å². The molecule has 0 spiro atoms. The minimum absolute atomic E-state index is 0.167. The summed E-state index contributed by atoms with van der Waals surface area (Å²) in [6.07, 6.45) is 3.02. The molecule has 1 aromatic carbocycles. The molecule has 0 atom stereocenters. The normalized spacial score (nSPS) is 15.1. The first-order valence-corrected chi connectivity index (χ1v) is 10.5. The number of nitrogens with one attached hydrogen (secondary N) is 1. The molecule has 1 aliphatic rings. The topological polar surface area (TPSA) is 83.5 Å². The average molecular weight is 415 g/mol. The second kappa shape index (κ2) is 8.36. The number of nitroso groups, excluding NO2 is 1. The lowest BCUT2D eigenvalue weighted by atomic mass is 10.1. The van der Waals surface area contributed by atoms with Gasteiger partial charge in [0.2, 0.25) is 0 Å². The number of hydrogen-bond donors (Lipinski definition) is 1. The van der Waals surface area contributed by atoms with E-state index in [9.17, 15) is 9.30 Å². The van der Waals surface area contributed by atoms with Gasteiger partial charge in [-0.2, -0.15) is 4.91 Å². The zero-order chi connectivity index (χ0) is 20.4. The van der Waals surface area contributed by atoms with E-state index in [1.165, 1.54) is 17.8 Å². The lowest BCUT2D eigenvalue weighted by Crippen LogP contribution is -2.35. The van der Waals surface area contributed by atoms with Crippen molar-refractivity contribution in [1.29, 1.82) is 0 Å². The maximum Gasteiger partial charge on any atom is 0.166 e. The molecule has 3 heterocycles. The van der Waals surface area contributed by atoms with Gasteiger partial charge in [0.05, 0.1) is 35.6 Å². The Kier molecular flexibility index (Phi) is 5.66. The van der Waals surface area contributed by atoms with Crippen LogP contribution in [0.2, 0.25) is 0 Å². The first-order chi connectivity index (χ1) is 14.1. The second-order valence-electron chi connectivity index (χ2n) is 7.06. The smallest absolute Gasteiger partial charge is 0.166 e. The van der Waals surface area contributed by atoms with Crippen molar-refractivity contribution in [3.63, 3.8) is 0 Å². The summed E-state index contributed by atoms with van der Waals surface area (Å²) < 4.78 is 20.0. The number of H-pyrrole nitrogens is 1. The van der Waals surface area contributed by atoms with E-state index < -0.39 is 0 Å². The maximum absolute atomic E-state index is 14.7. The summed E-state index contributed by atoms with van der Waals surface area (Å²) in [6.45, 7) is 3.21. The highest BCUT2D eigenvalue weighted by Gasteiger charge is 2.22. The van der Waals surface area contributed by atoms with Gasteiger partial charge in [-0.3, -0.25) is 4.98 Å². The summed E-state index contributed by atoms with van der Waals surface area (Å²) >= 11 is 1.52. The van der Waals surface area contributed by atoms with E-state index in [2.05, 4.69) is 20.1 Å². The number of piperidine rings is 1. The Morgan fingerprint density at radius 2 is 2.17 bits per heavy atom. The predicted molar refractivity (Wildman–Crippen MR) is 112 cm³/mol. The van der Waals surface area contributed by atoms with Crippen LogP contribution < -0.4 is 9.64 Å². The fourth-order valence-electron chi connectivity index (χ4n) is 3.58. The monoisotopic (exact) mass is 415 g/mol. The highest BCUT2D eigenvalue weighted by atomic mass is 32.2. The third-order valence-electron chi connectivity index (χ3n) is 5.31. The number of aromatic amines is 1. The predicted octanol–water partition coefficient (Wildman–Crippen LogP) is 4.44. The molecule has 29 heavy (non-hydrogen) atoms. The minimum Gasteiger partial charge on any atom is -0.496 e. The number of rotatable bonds is 6. The number of imidazole rings is 1. The number of halogens is 1. The standard InChI is InChI=1S/C20H22FN5O2S/c1-12-17(22-6-3-19(12)28-2)11-29-20-23-15-9-14(21)18(10-16(15)24-20)26-7-4-13(25-27)5-8-26/h3,6,9-10,13H,4-5,7-8,11H2,1-2H3,(H,23,24). The van der Waals surface area contributed by atoms with Crippen molar-refractivity contribution in [3.8, 4) is 5.75 Å². The zero-order valence-corrected chi connectivity index (χ0v) is 17.1. The first-order valence-electron chi connectivity index (χ1n) is 9.47. The molecule has 9 heteroatoms. The molecule has 4 rings (SSSR count). The molecule has 3 aromatic rings. The van der Waals surface area contributed by atoms with E-state index in [4.69, 9.17) is 4.74 Å². The molecule has 1 fully saturated rings. The molecule has 2 aromatic heterocycles. The van der Waals surface area contributed by atoms with E-state index in [-0.39, 0.29) is 11.9 Å². The number of anilines is 1. The van der Waals surface area contributed by atoms with Crippen molar-refractivity contribution >= 4 is 28.5 Å². The molecular weight excluding hydrogens is 393 g/mol. The molecule has 1 saturated heterocycles. The van der Waals surface area contributed by atoms with Gasteiger partial charge in [0.25, 0.3) is 0 Å². The third-order valence-corrected chi connectivity index (χ3v) is 6.19. The highest BCUT2D eigenvalue weighted by molar-refractivity contribution is 7.98. The van der Waals surface area contributed by atoms with Crippen LogP contribution in [0.25, 0.3) is 11.0 Å². The zero-order valence-electron chi connectivity index (χ0n) is 16.3. The largest absolute Gasteiger partial charge is 0.496 e. The molecule has 0 amide bonds. The number of aromatic nitrogens is 3. The third kappa shape index (κ3) is 4.05. The number of methoxy groups -OCH3 is 1. The SMILES string of the molecule is COc1ccnc(CSc2nc3cc(N4CCC(N=O)CC4)c(F)cc3[nH]2)c1C. The van der Waals surface area contributed by atoms with Crippen molar-refractivity contribution in [3.05, 3.63) is 46.4 Å². The summed E-state index contributed by atoms with van der Waals surface area (Å²) in [4.78, 5) is 24.9. The molecule has 0 saturated carbocycles. The fourth-order valence-corrected chi connectivity index (χ4v) is 4.49. The van der Waals surface area contributed by atoms with Crippen LogP contribution >= 0.6 is 11.8 Å². The second-order valence-corrected chi connectivity index (χ2v) is 8.02. The molecule has 7 nitrogen and oxygen atoms in total. The van der Waals surface area contributed by atoms with Crippen molar-refractivity contribution < 1.29 is 9.13 Å². The van der Waals surface area contributed by atoms with E-state index in [1.807, 2.05) is 17.9 Å². The van der Waals surface area contributed by atoms with Crippen LogP contribution in [0.4, 0.5) is 10.1 Å². The molecule has 0 bridgehead atoms. The number of fused-ring (bicyclic) bond motifs is 1. The van der Waals surface area contributed by atoms with Gasteiger partial charge in [0, 0.05) is 36.7 Å². The van der Waals surface area contributed by atoms with Gasteiger partial charge >= 0.3 is 0 Å². The van der Waals surface area contributed by atoms with Crippen LogP contribution in [0.3, 0.4) is 0 Å². The maximum atomic E-state index is 14.7. The van der Waals surface area contributed by atoms with Gasteiger partial charge in [0.15, 0.2) is 5.16 Å². The van der Waals surface area contributed by atoms with Crippen molar-refractivity contribution in [2.75, 3.05) is 25.1 Å². The number of thioether (sulfide) groups is 1. The van der Waals surface area contributed by atoms with Crippen LogP contribution in [0.1, 0.15) is 24.1 Å². The van der Waals surface area contributed by atoms with E-state index in [0.29, 0.717) is 48.0 Å². The summed E-state index contributed by atoms with van der Waals surface area (Å²) in [5, 5.41) is 3.82. The Balaban J connectivity index is 1.52. The van der Waals surface area contributed by atoms with Crippen molar-refractivity contribution in [2.24, 2.45) is 5.18 Å². The van der Waals surface area contributed by atoms with E-state index in [0.717, 1.165) is 22.5 Å². The van der Waals surface area contributed by atoms with Gasteiger partial charge in [-0.15, -0.1) is 0 Å². The highest BCUT2D eigenvalue weighted by Crippen LogP contribution is 2.31. The Bertz CT molecular complexity index is 1030. The Labute approximate surface area is 172 Å². The lowest BCUT2D eigenvalue weighted by Gasteiger charge is -2.31. The van der Waals surface area contributed by atoms with E-state index in [1.54, 1.807) is 19.4 Å². The molecule has 152 valence electrons. The molecule has 0 radical (unpaired) electrons. The Morgan fingerprint density at radius 3 is 2.90 bits per heavy atom. The van der Waals surface area contributed by atoms with Crippen LogP contribution in [-0.4, -0.2) is 41.2 Å². The lowest BCUT2D eigenvalue weighted by molar-refractivity contribution is 0.410. The quantitative estimate of drug-likeness (QED) is 0.473. The number of pyridine rings is 1. The summed E-state index contributed by atoms with van der Waals surface area (Å²) in [5.41, 5.74) is 3.83. The first kappa shape index (κ1) is 19.6. The summed E-state index contributed by atoms with van der Waals surface area (Å²) in [5.74, 6) is 1.14. The van der Waals surface area contributed by atoms with Gasteiger partial charge in [-0.25, -0.2) is 9.37 Å². The van der Waals surface area contributed by atoms with Crippen molar-refractivity contribution in [2.45, 2.75) is 36.7 Å². The fraction of sp³-hybridized carbons (Fsp3) is 0.400.